The predicted molar refractivity (Wildman–Crippen MR) is 105 cm³/mol. The van der Waals surface area contributed by atoms with Crippen molar-refractivity contribution < 1.29 is 39.1 Å². The minimum Gasteiger partial charge on any atom is -0.394 e. The summed E-state index contributed by atoms with van der Waals surface area (Å²) < 4.78 is 33.5. The van der Waals surface area contributed by atoms with E-state index in [1.54, 1.807) is 19.1 Å². The van der Waals surface area contributed by atoms with Gasteiger partial charge in [0, 0.05) is 5.56 Å². The van der Waals surface area contributed by atoms with Crippen molar-refractivity contribution in [3.63, 3.8) is 0 Å². The number of halogens is 2. The molecule has 0 radical (unpaired) electrons. The molecule has 0 spiro atoms. The van der Waals surface area contributed by atoms with E-state index in [0.717, 1.165) is 6.08 Å². The zero-order chi connectivity index (χ0) is 22.2. The van der Waals surface area contributed by atoms with E-state index in [-0.39, 0.29) is 5.56 Å². The zero-order valence-corrected chi connectivity index (χ0v) is 16.2. The van der Waals surface area contributed by atoms with E-state index in [1.165, 1.54) is 18.2 Å². The second-order valence-corrected chi connectivity index (χ2v) is 7.37. The molecule has 0 aromatic heterocycles. The van der Waals surface area contributed by atoms with Crippen LogP contribution in [0.1, 0.15) is 22.8 Å². The molecule has 1 aliphatic heterocycles. The zero-order valence-electron chi connectivity index (χ0n) is 16.2. The van der Waals surface area contributed by atoms with E-state index in [4.69, 9.17) is 4.74 Å². The number of benzene rings is 2. The largest absolute Gasteiger partial charge is 0.394 e. The van der Waals surface area contributed by atoms with Crippen molar-refractivity contribution in [2.24, 2.45) is 0 Å². The SMILES string of the molecule is C=Cc1c(F)cc(-c2ccc([C@@H](O)[C@H]3O[C@H](CO)[C@@H](O)[C@H](O)[C@@H]3O)c(C)c2)cc1F. The third-order valence-corrected chi connectivity index (χ3v) is 5.45. The molecule has 3 rings (SSSR count). The molecule has 162 valence electrons. The van der Waals surface area contributed by atoms with Crippen molar-refractivity contribution >= 4 is 6.08 Å². The summed E-state index contributed by atoms with van der Waals surface area (Å²) in [5.74, 6) is -1.49. The van der Waals surface area contributed by atoms with E-state index in [1.807, 2.05) is 0 Å². The first kappa shape index (κ1) is 22.5. The van der Waals surface area contributed by atoms with Gasteiger partial charge in [0.15, 0.2) is 0 Å². The van der Waals surface area contributed by atoms with Crippen molar-refractivity contribution in [2.45, 2.75) is 43.5 Å². The second-order valence-electron chi connectivity index (χ2n) is 7.37. The van der Waals surface area contributed by atoms with Crippen LogP contribution in [0, 0.1) is 18.6 Å². The summed E-state index contributed by atoms with van der Waals surface area (Å²) >= 11 is 0. The Kier molecular flexibility index (Phi) is 6.66. The maximum atomic E-state index is 14.1. The van der Waals surface area contributed by atoms with Gasteiger partial charge in [-0.3, -0.25) is 0 Å². The molecule has 0 saturated carbocycles. The summed E-state index contributed by atoms with van der Waals surface area (Å²) in [6.45, 7) is 4.44. The lowest BCUT2D eigenvalue weighted by atomic mass is 9.87. The van der Waals surface area contributed by atoms with Crippen molar-refractivity contribution in [1.29, 1.82) is 0 Å². The lowest BCUT2D eigenvalue weighted by Crippen LogP contribution is -2.59. The molecule has 1 heterocycles. The molecule has 1 saturated heterocycles. The van der Waals surface area contributed by atoms with Gasteiger partial charge < -0.3 is 30.3 Å². The van der Waals surface area contributed by atoms with Crippen LogP contribution in [-0.2, 0) is 4.74 Å². The molecule has 6 atom stereocenters. The molecule has 8 heteroatoms. The van der Waals surface area contributed by atoms with Crippen LogP contribution < -0.4 is 0 Å². The van der Waals surface area contributed by atoms with Gasteiger partial charge in [-0.1, -0.05) is 30.9 Å². The highest BCUT2D eigenvalue weighted by Crippen LogP contribution is 2.34. The molecule has 0 bridgehead atoms. The molecule has 2 aromatic carbocycles. The molecule has 0 aliphatic carbocycles. The first-order valence-corrected chi connectivity index (χ1v) is 9.40. The second kappa shape index (κ2) is 8.89. The van der Waals surface area contributed by atoms with Crippen LogP contribution >= 0.6 is 0 Å². The highest BCUT2D eigenvalue weighted by molar-refractivity contribution is 5.67. The quantitative estimate of drug-likeness (QED) is 0.499. The fourth-order valence-electron chi connectivity index (χ4n) is 3.70. The third kappa shape index (κ3) is 4.02. The first-order chi connectivity index (χ1) is 14.2. The Balaban J connectivity index is 1.91. The van der Waals surface area contributed by atoms with Crippen LogP contribution in [0.5, 0.6) is 0 Å². The van der Waals surface area contributed by atoms with Crippen LogP contribution in [0.15, 0.2) is 36.9 Å². The molecule has 0 amide bonds. The van der Waals surface area contributed by atoms with Crippen LogP contribution in [0.3, 0.4) is 0 Å². The van der Waals surface area contributed by atoms with Crippen molar-refractivity contribution in [3.8, 4) is 11.1 Å². The molecule has 2 aromatic rings. The molecule has 0 unspecified atom stereocenters. The van der Waals surface area contributed by atoms with E-state index in [0.29, 0.717) is 22.3 Å². The van der Waals surface area contributed by atoms with Gasteiger partial charge in [0.1, 0.15) is 48.3 Å². The Morgan fingerprint density at radius 2 is 1.67 bits per heavy atom. The summed E-state index contributed by atoms with van der Waals surface area (Å²) in [5, 5.41) is 50.1. The average Bonchev–Trinajstić information content (AvgIpc) is 2.71. The predicted octanol–water partition coefficient (Wildman–Crippen LogP) is 1.46. The number of hydrogen-bond acceptors (Lipinski definition) is 6. The summed E-state index contributed by atoms with van der Waals surface area (Å²) in [4.78, 5) is 0. The summed E-state index contributed by atoms with van der Waals surface area (Å²) in [5.41, 5.74) is 1.49. The number of ether oxygens (including phenoxy) is 1. The van der Waals surface area contributed by atoms with Crippen molar-refractivity contribution in [3.05, 3.63) is 65.2 Å². The topological polar surface area (TPSA) is 110 Å². The minimum absolute atomic E-state index is 0.217. The Morgan fingerprint density at radius 1 is 1.03 bits per heavy atom. The first-order valence-electron chi connectivity index (χ1n) is 9.40. The maximum Gasteiger partial charge on any atom is 0.133 e. The van der Waals surface area contributed by atoms with Crippen LogP contribution in [0.25, 0.3) is 17.2 Å². The standard InChI is InChI=1S/C22H24F2O6/c1-3-13-15(23)7-12(8-16(13)24)11-4-5-14(10(2)6-11)18(26)22-21(29)20(28)19(27)17(9-25)30-22/h3-8,17-22,25-29H,1,9H2,2H3/t17-,18-,19-,20+,21+,22-/m1/s1. The van der Waals surface area contributed by atoms with Crippen molar-refractivity contribution in [1.82, 2.24) is 0 Å². The van der Waals surface area contributed by atoms with Gasteiger partial charge in [-0.2, -0.15) is 0 Å². The van der Waals surface area contributed by atoms with Gasteiger partial charge in [0.25, 0.3) is 0 Å². The van der Waals surface area contributed by atoms with Gasteiger partial charge in [0.2, 0.25) is 0 Å². The van der Waals surface area contributed by atoms with Gasteiger partial charge in [0.05, 0.1) is 6.61 Å². The molecule has 1 aliphatic rings. The Labute approximate surface area is 172 Å². The lowest BCUT2D eigenvalue weighted by Gasteiger charge is -2.42. The fraction of sp³-hybridized carbons (Fsp3) is 0.364. The Bertz CT molecular complexity index is 909. The normalized spacial score (nSPS) is 27.7. The number of hydrogen-bond donors (Lipinski definition) is 5. The molecule has 1 fully saturated rings. The van der Waals surface area contributed by atoms with E-state index in [9.17, 15) is 34.3 Å². The number of aryl methyl sites for hydroxylation is 1. The highest BCUT2D eigenvalue weighted by Gasteiger charge is 2.46. The summed E-state index contributed by atoms with van der Waals surface area (Å²) in [7, 11) is 0. The van der Waals surface area contributed by atoms with Crippen LogP contribution in [0.2, 0.25) is 0 Å². The van der Waals surface area contributed by atoms with Crippen LogP contribution in [-0.4, -0.2) is 62.7 Å². The molecule has 6 nitrogen and oxygen atoms in total. The molecule has 5 N–H and O–H groups in total. The van der Waals surface area contributed by atoms with E-state index < -0.39 is 54.9 Å². The highest BCUT2D eigenvalue weighted by atomic mass is 19.1. The summed E-state index contributed by atoms with van der Waals surface area (Å²) in [6, 6.07) is 7.06. The summed E-state index contributed by atoms with van der Waals surface area (Å²) in [6.07, 6.45) is -7.46. The lowest BCUT2D eigenvalue weighted by molar-refractivity contribution is -0.250. The number of aliphatic hydroxyl groups is 5. The van der Waals surface area contributed by atoms with Gasteiger partial charge in [-0.25, -0.2) is 8.78 Å². The minimum atomic E-state index is -1.61. The Morgan fingerprint density at radius 3 is 2.20 bits per heavy atom. The Hall–Kier alpha value is -2.20. The van der Waals surface area contributed by atoms with Gasteiger partial charge in [-0.05, 0) is 41.3 Å². The molecular formula is C22H24F2O6. The molecule has 30 heavy (non-hydrogen) atoms. The van der Waals surface area contributed by atoms with Crippen molar-refractivity contribution in [2.75, 3.05) is 6.61 Å². The maximum absolute atomic E-state index is 14.1. The van der Waals surface area contributed by atoms with Gasteiger partial charge >= 0.3 is 0 Å². The third-order valence-electron chi connectivity index (χ3n) is 5.45. The van der Waals surface area contributed by atoms with Crippen LogP contribution in [0.4, 0.5) is 8.78 Å². The smallest absolute Gasteiger partial charge is 0.133 e. The van der Waals surface area contributed by atoms with Gasteiger partial charge in [-0.15, -0.1) is 0 Å². The molecular weight excluding hydrogens is 398 g/mol. The average molecular weight is 422 g/mol. The number of rotatable bonds is 5. The van der Waals surface area contributed by atoms with E-state index in [2.05, 4.69) is 6.58 Å². The number of aliphatic hydroxyl groups excluding tert-OH is 5. The monoisotopic (exact) mass is 422 g/mol. The van der Waals surface area contributed by atoms with E-state index >= 15 is 0 Å². The fourth-order valence-corrected chi connectivity index (χ4v) is 3.70.